The summed E-state index contributed by atoms with van der Waals surface area (Å²) < 4.78 is 10.4. The Kier molecular flexibility index (Phi) is 15.0. The van der Waals surface area contributed by atoms with Crippen LogP contribution in [0.2, 0.25) is 0 Å². The van der Waals surface area contributed by atoms with Crippen molar-refractivity contribution in [3.8, 4) is 0 Å². The third kappa shape index (κ3) is 13.4. The number of carbonyl (C=O) groups excluding carboxylic acids is 5. The number of anilines is 1. The molecule has 10 N–H and O–H groups in total. The molecule has 0 saturated carbocycles. The maximum Gasteiger partial charge on any atom is 0.408 e. The van der Waals surface area contributed by atoms with E-state index in [0.29, 0.717) is 23.1 Å². The van der Waals surface area contributed by atoms with E-state index in [1.807, 2.05) is 0 Å². The summed E-state index contributed by atoms with van der Waals surface area (Å²) >= 11 is 0. The van der Waals surface area contributed by atoms with Crippen LogP contribution in [0.15, 0.2) is 38.5 Å². The summed E-state index contributed by atoms with van der Waals surface area (Å²) in [5.41, 5.74) is 15.9. The minimum absolute atomic E-state index is 0. The van der Waals surface area contributed by atoms with E-state index in [9.17, 15) is 28.8 Å². The summed E-state index contributed by atoms with van der Waals surface area (Å²) in [7, 11) is 0. The van der Waals surface area contributed by atoms with Gasteiger partial charge in [0.1, 0.15) is 29.3 Å². The van der Waals surface area contributed by atoms with E-state index >= 15 is 0 Å². The van der Waals surface area contributed by atoms with Crippen LogP contribution in [0.3, 0.4) is 0 Å². The van der Waals surface area contributed by atoms with Crippen molar-refractivity contribution < 1.29 is 33.1 Å². The Hall–Kier alpha value is -4.86. The molecular weight excluding hydrogens is 624 g/mol. The number of primary amides is 1. The number of carbonyl (C=O) groups is 5. The van der Waals surface area contributed by atoms with Gasteiger partial charge < -0.3 is 47.6 Å². The second kappa shape index (κ2) is 17.6. The lowest BCUT2D eigenvalue weighted by molar-refractivity contribution is -0.131. The molecule has 5 amide bonds. The van der Waals surface area contributed by atoms with Gasteiger partial charge in [0.05, 0.1) is 0 Å². The van der Waals surface area contributed by atoms with Crippen molar-refractivity contribution in [1.82, 2.24) is 16.0 Å². The van der Waals surface area contributed by atoms with E-state index in [4.69, 9.17) is 26.4 Å². The lowest BCUT2D eigenvalue weighted by Crippen LogP contribution is -2.55. The Morgan fingerprint density at radius 2 is 1.59 bits per heavy atom. The number of nitrogens with zero attached hydrogens (tertiary/aromatic N) is 1. The Morgan fingerprint density at radius 1 is 0.935 bits per heavy atom. The average Bonchev–Trinajstić information content (AvgIpc) is 2.90. The zero-order valence-electron chi connectivity index (χ0n) is 26.4. The second-order valence-electron chi connectivity index (χ2n) is 11.4. The first-order valence-electron chi connectivity index (χ1n) is 14.2. The van der Waals surface area contributed by atoms with Crippen molar-refractivity contribution in [3.05, 3.63) is 40.2 Å². The number of hydrogen-bond acceptors (Lipinski definition) is 9. The molecule has 254 valence electrons. The number of hydrogen-bond donors (Lipinski definition) is 7. The predicted octanol–water partition coefficient (Wildman–Crippen LogP) is 0.664. The Labute approximate surface area is 272 Å². The van der Waals surface area contributed by atoms with E-state index < -0.39 is 59.1 Å². The summed E-state index contributed by atoms with van der Waals surface area (Å²) in [6, 6.07) is 2.67. The van der Waals surface area contributed by atoms with Gasteiger partial charge in [0, 0.05) is 36.2 Å². The number of fused-ring (bicyclic) bond motifs is 1. The van der Waals surface area contributed by atoms with E-state index in [-0.39, 0.29) is 49.8 Å². The van der Waals surface area contributed by atoms with Crippen LogP contribution in [-0.4, -0.2) is 66.0 Å². The Bertz CT molecular complexity index is 1500. The summed E-state index contributed by atoms with van der Waals surface area (Å²) in [6.45, 7) is 8.24. The van der Waals surface area contributed by atoms with E-state index in [2.05, 4.69) is 26.3 Å². The first-order valence-corrected chi connectivity index (χ1v) is 14.2. The SMILES string of the molecule is Cc1cc(=O)oc2cc(NC(=O)C(CCCN=C(N)N)NC(=O)C(C)NC(=O)C(CCC(N)=O)NC(=O)OC(C)(C)C)ccc12.Cl. The van der Waals surface area contributed by atoms with Crippen molar-refractivity contribution in [2.24, 2.45) is 22.2 Å². The normalized spacial score (nSPS) is 12.8. The van der Waals surface area contributed by atoms with Crippen molar-refractivity contribution in [2.75, 3.05) is 11.9 Å². The molecule has 0 aliphatic heterocycles. The van der Waals surface area contributed by atoms with Gasteiger partial charge in [0.15, 0.2) is 5.96 Å². The van der Waals surface area contributed by atoms with Gasteiger partial charge in [-0.15, -0.1) is 12.4 Å². The lowest BCUT2D eigenvalue weighted by atomic mass is 10.1. The Morgan fingerprint density at radius 3 is 2.20 bits per heavy atom. The summed E-state index contributed by atoms with van der Waals surface area (Å²) in [4.78, 5) is 78.7. The van der Waals surface area contributed by atoms with Gasteiger partial charge in [-0.2, -0.15) is 0 Å². The van der Waals surface area contributed by atoms with E-state index in [1.54, 1.807) is 39.8 Å². The molecule has 46 heavy (non-hydrogen) atoms. The highest BCUT2D eigenvalue weighted by Crippen LogP contribution is 2.21. The number of ether oxygens (including phenoxy) is 1. The van der Waals surface area contributed by atoms with Crippen LogP contribution in [0.4, 0.5) is 10.5 Å². The maximum absolute atomic E-state index is 13.3. The van der Waals surface area contributed by atoms with Gasteiger partial charge in [-0.3, -0.25) is 24.2 Å². The smallest absolute Gasteiger partial charge is 0.408 e. The molecule has 0 spiro atoms. The van der Waals surface area contributed by atoms with Crippen LogP contribution in [0.1, 0.15) is 58.9 Å². The van der Waals surface area contributed by atoms with Crippen molar-refractivity contribution in [3.63, 3.8) is 0 Å². The minimum atomic E-state index is -1.24. The highest BCUT2D eigenvalue weighted by Gasteiger charge is 2.29. The quantitative estimate of drug-likeness (QED) is 0.0641. The molecule has 0 fully saturated rings. The first-order chi connectivity index (χ1) is 20.9. The number of nitrogens with two attached hydrogens (primary N) is 3. The van der Waals surface area contributed by atoms with Crippen LogP contribution in [0.5, 0.6) is 0 Å². The van der Waals surface area contributed by atoms with Crippen LogP contribution in [0.25, 0.3) is 11.0 Å². The van der Waals surface area contributed by atoms with Crippen molar-refractivity contribution in [2.45, 2.75) is 84.0 Å². The van der Waals surface area contributed by atoms with Gasteiger partial charge in [-0.25, -0.2) is 9.59 Å². The largest absolute Gasteiger partial charge is 0.444 e. The molecule has 2 rings (SSSR count). The van der Waals surface area contributed by atoms with E-state index in [0.717, 1.165) is 0 Å². The number of benzene rings is 1. The molecule has 1 heterocycles. The summed E-state index contributed by atoms with van der Waals surface area (Å²) in [5, 5.41) is 10.9. The fourth-order valence-electron chi connectivity index (χ4n) is 4.09. The number of guanidine groups is 1. The molecule has 1 aromatic heterocycles. The second-order valence-corrected chi connectivity index (χ2v) is 11.4. The van der Waals surface area contributed by atoms with Gasteiger partial charge >= 0.3 is 11.7 Å². The molecule has 17 heteroatoms. The summed E-state index contributed by atoms with van der Waals surface area (Å²) in [6.07, 6.45) is -0.819. The van der Waals surface area contributed by atoms with Gasteiger partial charge in [-0.05, 0) is 71.6 Å². The number of aliphatic imine (C=N–C) groups is 1. The molecule has 1 aromatic carbocycles. The lowest BCUT2D eigenvalue weighted by Gasteiger charge is -2.25. The molecule has 0 aliphatic carbocycles. The molecule has 3 unspecified atom stereocenters. The highest BCUT2D eigenvalue weighted by molar-refractivity contribution is 6.00. The van der Waals surface area contributed by atoms with Crippen LogP contribution in [-0.2, 0) is 23.9 Å². The van der Waals surface area contributed by atoms with Crippen LogP contribution >= 0.6 is 12.4 Å². The fraction of sp³-hybridized carbons (Fsp3) is 0.483. The molecule has 0 saturated heterocycles. The third-order valence-corrected chi connectivity index (χ3v) is 6.24. The van der Waals surface area contributed by atoms with Gasteiger partial charge in [-0.1, -0.05) is 0 Å². The van der Waals surface area contributed by atoms with Crippen LogP contribution < -0.4 is 44.1 Å². The zero-order chi connectivity index (χ0) is 33.9. The third-order valence-electron chi connectivity index (χ3n) is 6.24. The van der Waals surface area contributed by atoms with Gasteiger partial charge in [0.2, 0.25) is 23.6 Å². The topological polar surface area (TPSA) is 263 Å². The first kappa shape index (κ1) is 39.2. The number of halogens is 1. The van der Waals surface area contributed by atoms with Crippen molar-refractivity contribution >= 4 is 64.7 Å². The summed E-state index contributed by atoms with van der Waals surface area (Å²) in [5.74, 6) is -2.90. The Balaban J connectivity index is 0.0000106. The maximum atomic E-state index is 13.3. The molecule has 0 bridgehead atoms. The molecule has 3 atom stereocenters. The van der Waals surface area contributed by atoms with E-state index in [1.165, 1.54) is 19.1 Å². The number of aryl methyl sites for hydroxylation is 1. The number of alkyl carbamates (subject to hydrolysis) is 1. The average molecular weight is 667 g/mol. The number of amides is 5. The molecule has 0 aliphatic rings. The highest BCUT2D eigenvalue weighted by atomic mass is 35.5. The predicted molar refractivity (Wildman–Crippen MR) is 174 cm³/mol. The number of rotatable bonds is 14. The fourth-order valence-corrected chi connectivity index (χ4v) is 4.09. The number of nitrogens with one attached hydrogen (secondary N) is 4. The zero-order valence-corrected chi connectivity index (χ0v) is 27.2. The molecular formula is C29H43ClN8O8. The standard InChI is InChI=1S/C29H42N8O8.ClH/c1-15-13-23(39)44-21-14-17(8-9-18(15)21)35-26(42)19(7-6-12-33-27(31)32)36-24(40)16(2)34-25(41)20(10-11-22(30)38)37-28(43)45-29(3,4)5;/h8-9,13-14,16,19-20H,6-7,10-12H2,1-5H3,(H2,30,38)(H,34,41)(H,35,42)(H,36,40)(H,37,43)(H4,31,32,33);1H. The monoisotopic (exact) mass is 666 g/mol. The van der Waals surface area contributed by atoms with Crippen LogP contribution in [0, 0.1) is 6.92 Å². The molecule has 2 aromatic rings. The van der Waals surface area contributed by atoms with Crippen molar-refractivity contribution in [1.29, 1.82) is 0 Å². The molecule has 0 radical (unpaired) electrons. The minimum Gasteiger partial charge on any atom is -0.444 e. The van der Waals surface area contributed by atoms with Gasteiger partial charge in [0.25, 0.3) is 0 Å². The molecule has 16 nitrogen and oxygen atoms in total.